The summed E-state index contributed by atoms with van der Waals surface area (Å²) in [5, 5.41) is 11.0. The highest BCUT2D eigenvalue weighted by atomic mass is 19.4. The summed E-state index contributed by atoms with van der Waals surface area (Å²) in [7, 11) is 0. The minimum atomic E-state index is -5.19. The average molecular weight is 565 g/mol. The van der Waals surface area contributed by atoms with Crippen molar-refractivity contribution in [3.05, 3.63) is 84.0 Å². The summed E-state index contributed by atoms with van der Waals surface area (Å²) in [6.45, 7) is 0. The Hall–Kier alpha value is -4.01. The van der Waals surface area contributed by atoms with E-state index >= 15 is 0 Å². The Bertz CT molecular complexity index is 1330. The number of hydrogen-bond acceptors (Lipinski definition) is 3. The van der Waals surface area contributed by atoms with E-state index in [2.05, 4.69) is 0 Å². The number of urea groups is 2. The fourth-order valence-corrected chi connectivity index (χ4v) is 4.34. The number of allylic oxidation sites excluding steroid dienone is 2. The summed E-state index contributed by atoms with van der Waals surface area (Å²) in [5.74, 6) is -2.52. The monoisotopic (exact) mass is 565 g/mol. The summed E-state index contributed by atoms with van der Waals surface area (Å²) >= 11 is 0. The van der Waals surface area contributed by atoms with Gasteiger partial charge in [0.1, 0.15) is 0 Å². The van der Waals surface area contributed by atoms with Gasteiger partial charge in [-0.1, -0.05) is 48.6 Å². The summed E-state index contributed by atoms with van der Waals surface area (Å²) in [6, 6.07) is 0.296. The first-order valence-electron chi connectivity index (χ1n) is 10.9. The number of carbonyl (C=O) groups is 2. The van der Waals surface area contributed by atoms with Crippen LogP contribution in [0.1, 0.15) is 11.1 Å². The molecular formula is C24H16F9N3O3. The van der Waals surface area contributed by atoms with Crippen molar-refractivity contribution in [3.8, 4) is 0 Å². The maximum absolute atomic E-state index is 13.9. The molecule has 1 fully saturated rings. The molecule has 2 aliphatic rings. The molecule has 1 heterocycles. The molecule has 15 heteroatoms. The third-order valence-electron chi connectivity index (χ3n) is 6.01. The number of alkyl halides is 9. The van der Waals surface area contributed by atoms with Crippen molar-refractivity contribution in [3.63, 3.8) is 0 Å². The minimum absolute atomic E-state index is 0.0138. The Labute approximate surface area is 213 Å². The molecule has 39 heavy (non-hydrogen) atoms. The van der Waals surface area contributed by atoms with E-state index in [0.29, 0.717) is 30.3 Å². The Morgan fingerprint density at radius 3 is 1.69 bits per heavy atom. The number of nitrogens with zero attached hydrogens (tertiary/aromatic N) is 3. The topological polar surface area (TPSA) is 64.1 Å². The predicted molar refractivity (Wildman–Crippen MR) is 118 cm³/mol. The van der Waals surface area contributed by atoms with Gasteiger partial charge in [-0.3, -0.25) is 4.90 Å². The fraction of sp³-hybridized carbons (Fsp3) is 0.250. The number of aliphatic hydroxyl groups excluding tert-OH is 1. The Morgan fingerprint density at radius 2 is 1.15 bits per heavy atom. The van der Waals surface area contributed by atoms with Gasteiger partial charge in [-0.15, -0.1) is 0 Å². The molecule has 4 rings (SSSR count). The van der Waals surface area contributed by atoms with Crippen LogP contribution < -0.4 is 9.80 Å². The van der Waals surface area contributed by atoms with E-state index in [1.165, 1.54) is 0 Å². The van der Waals surface area contributed by atoms with Crippen LogP contribution in [0, 0.1) is 5.92 Å². The molecule has 1 saturated heterocycles. The van der Waals surface area contributed by atoms with Gasteiger partial charge in [-0.2, -0.15) is 39.5 Å². The van der Waals surface area contributed by atoms with Crippen LogP contribution in [0.15, 0.2) is 72.8 Å². The zero-order valence-electron chi connectivity index (χ0n) is 19.2. The molecule has 208 valence electrons. The zero-order valence-corrected chi connectivity index (χ0v) is 19.2. The van der Waals surface area contributed by atoms with E-state index in [4.69, 9.17) is 0 Å². The van der Waals surface area contributed by atoms with Crippen LogP contribution in [0.2, 0.25) is 0 Å². The number of para-hydroxylation sites is 2. The molecule has 0 aromatic heterocycles. The van der Waals surface area contributed by atoms with Crippen LogP contribution in [0.25, 0.3) is 0 Å². The molecule has 6 nitrogen and oxygen atoms in total. The standard InChI is InChI=1S/C24H16F9N3O3/c25-22(26,27)13-7-1-4-10-16(13)34-19(37)35(17-11-5-2-8-14(17)23(28,29)30)21(39)36(20(34)38)18-12-6-3-9-15(18)24(31,32)33/h1-13,16,19,37H. The van der Waals surface area contributed by atoms with Gasteiger partial charge in [0.15, 0.2) is 0 Å². The van der Waals surface area contributed by atoms with Crippen molar-refractivity contribution in [2.45, 2.75) is 30.9 Å². The predicted octanol–water partition coefficient (Wildman–Crippen LogP) is 6.54. The Kier molecular flexibility index (Phi) is 6.91. The van der Waals surface area contributed by atoms with Crippen molar-refractivity contribution in [2.75, 3.05) is 9.80 Å². The second-order valence-corrected chi connectivity index (χ2v) is 8.38. The lowest BCUT2D eigenvalue weighted by Crippen LogP contribution is -2.70. The highest BCUT2D eigenvalue weighted by molar-refractivity contribution is 6.21. The maximum Gasteiger partial charge on any atom is 0.418 e. The quantitative estimate of drug-likeness (QED) is 0.430. The molecule has 3 atom stereocenters. The number of imide groups is 1. The first-order chi connectivity index (χ1) is 18.0. The summed E-state index contributed by atoms with van der Waals surface area (Å²) in [5.41, 5.74) is -5.38. The lowest BCUT2D eigenvalue weighted by Gasteiger charge is -2.49. The molecule has 1 aliphatic carbocycles. The number of carbonyl (C=O) groups excluding carboxylic acids is 2. The first kappa shape index (κ1) is 28.0. The molecule has 1 N–H and O–H groups in total. The van der Waals surface area contributed by atoms with Crippen LogP contribution in [-0.2, 0) is 12.4 Å². The highest BCUT2D eigenvalue weighted by Crippen LogP contribution is 2.44. The minimum Gasteiger partial charge on any atom is -0.356 e. The first-order valence-corrected chi connectivity index (χ1v) is 10.9. The molecule has 1 aliphatic heterocycles. The average Bonchev–Trinajstić information content (AvgIpc) is 2.83. The van der Waals surface area contributed by atoms with Crippen LogP contribution in [0.5, 0.6) is 0 Å². The molecular weight excluding hydrogens is 549 g/mol. The third-order valence-corrected chi connectivity index (χ3v) is 6.01. The third kappa shape index (κ3) is 5.05. The zero-order chi connectivity index (χ0) is 28.9. The van der Waals surface area contributed by atoms with E-state index < -0.39 is 71.4 Å². The fourth-order valence-electron chi connectivity index (χ4n) is 4.34. The molecule has 0 radical (unpaired) electrons. The number of halogens is 9. The van der Waals surface area contributed by atoms with Crippen LogP contribution in [0.3, 0.4) is 0 Å². The van der Waals surface area contributed by atoms with Crippen molar-refractivity contribution >= 4 is 23.4 Å². The van der Waals surface area contributed by atoms with Gasteiger partial charge in [0.25, 0.3) is 0 Å². The normalized spacial score (nSPS) is 22.6. The Balaban J connectivity index is 1.97. The molecule has 0 spiro atoms. The lowest BCUT2D eigenvalue weighted by molar-refractivity contribution is -0.176. The molecule has 0 bridgehead atoms. The van der Waals surface area contributed by atoms with Gasteiger partial charge in [-0.05, 0) is 24.3 Å². The van der Waals surface area contributed by atoms with E-state index in [1.807, 2.05) is 0 Å². The molecule has 3 unspecified atom stereocenters. The summed E-state index contributed by atoms with van der Waals surface area (Å²) < 4.78 is 124. The van der Waals surface area contributed by atoms with Crippen molar-refractivity contribution in [2.24, 2.45) is 5.92 Å². The summed E-state index contributed by atoms with van der Waals surface area (Å²) in [6.07, 6.45) is -14.8. The molecule has 2 aromatic carbocycles. The van der Waals surface area contributed by atoms with Gasteiger partial charge in [0, 0.05) is 0 Å². The molecule has 4 amide bonds. The van der Waals surface area contributed by atoms with Gasteiger partial charge in [0.05, 0.1) is 34.5 Å². The van der Waals surface area contributed by atoms with Crippen LogP contribution in [0.4, 0.5) is 60.5 Å². The van der Waals surface area contributed by atoms with E-state index in [-0.39, 0.29) is 14.7 Å². The SMILES string of the molecule is O=C1N(c2ccccc2C(F)(F)F)C(=O)N(C2C=CC=CC2C(F)(F)F)C(O)N1c1ccccc1C(F)(F)F. The van der Waals surface area contributed by atoms with Crippen LogP contribution >= 0.6 is 0 Å². The second-order valence-electron chi connectivity index (χ2n) is 8.38. The van der Waals surface area contributed by atoms with Crippen molar-refractivity contribution < 1.29 is 54.2 Å². The van der Waals surface area contributed by atoms with Gasteiger partial charge in [0.2, 0.25) is 6.35 Å². The van der Waals surface area contributed by atoms with Crippen molar-refractivity contribution in [1.29, 1.82) is 0 Å². The van der Waals surface area contributed by atoms with Gasteiger partial charge >= 0.3 is 30.6 Å². The van der Waals surface area contributed by atoms with E-state index in [9.17, 15) is 54.2 Å². The summed E-state index contributed by atoms with van der Waals surface area (Å²) in [4.78, 5) is 26.7. The van der Waals surface area contributed by atoms with Gasteiger partial charge in [-0.25, -0.2) is 19.4 Å². The number of hydrogen-bond donors (Lipinski definition) is 1. The highest BCUT2D eigenvalue weighted by Gasteiger charge is 2.55. The molecule has 2 aromatic rings. The lowest BCUT2D eigenvalue weighted by atomic mass is 9.93. The second kappa shape index (κ2) is 9.63. The number of rotatable bonds is 3. The Morgan fingerprint density at radius 1 is 0.667 bits per heavy atom. The van der Waals surface area contributed by atoms with E-state index in [0.717, 1.165) is 42.5 Å². The smallest absolute Gasteiger partial charge is 0.356 e. The van der Waals surface area contributed by atoms with Crippen LogP contribution in [-0.4, -0.2) is 40.6 Å². The number of amides is 4. The number of anilines is 2. The van der Waals surface area contributed by atoms with E-state index in [1.54, 1.807) is 0 Å². The van der Waals surface area contributed by atoms with Gasteiger partial charge < -0.3 is 5.11 Å². The molecule has 0 saturated carbocycles. The number of aliphatic hydroxyl groups is 1. The maximum atomic E-state index is 13.9. The van der Waals surface area contributed by atoms with Crippen molar-refractivity contribution in [1.82, 2.24) is 4.90 Å². The largest absolute Gasteiger partial charge is 0.418 e. The number of benzene rings is 2.